The van der Waals surface area contributed by atoms with E-state index in [4.69, 9.17) is 0 Å². The Labute approximate surface area is 182 Å². The molecule has 31 heavy (non-hydrogen) atoms. The summed E-state index contributed by atoms with van der Waals surface area (Å²) in [6, 6.07) is 9.79. The van der Waals surface area contributed by atoms with E-state index in [2.05, 4.69) is 25.7 Å². The molecule has 2 aromatic heterocycles. The maximum Gasteiger partial charge on any atom is 0.224 e. The van der Waals surface area contributed by atoms with Gasteiger partial charge in [-0.3, -0.25) is 4.79 Å². The fourth-order valence-corrected chi connectivity index (χ4v) is 3.88. The SMILES string of the molecule is C[C@H](NC(=O)C1CCC(Nc2nccc(-n3ncc4ccccc43)n2)CC1)C(C)(C)O. The van der Waals surface area contributed by atoms with E-state index >= 15 is 0 Å². The lowest BCUT2D eigenvalue weighted by atomic mass is 9.85. The highest BCUT2D eigenvalue weighted by Crippen LogP contribution is 2.27. The number of amides is 1. The Balaban J connectivity index is 1.36. The number of aromatic nitrogens is 4. The molecule has 0 unspecified atom stereocenters. The molecule has 2 heterocycles. The molecule has 8 nitrogen and oxygen atoms in total. The highest BCUT2D eigenvalue weighted by atomic mass is 16.3. The van der Waals surface area contributed by atoms with E-state index in [1.165, 1.54) is 0 Å². The first kappa shape index (κ1) is 21.2. The Bertz CT molecular complexity index is 1050. The molecule has 1 fully saturated rings. The third-order valence-corrected chi connectivity index (χ3v) is 6.18. The molecule has 0 aliphatic heterocycles. The van der Waals surface area contributed by atoms with Crippen LogP contribution in [0.4, 0.5) is 5.95 Å². The molecule has 1 saturated carbocycles. The van der Waals surface area contributed by atoms with Gasteiger partial charge in [-0.15, -0.1) is 0 Å². The van der Waals surface area contributed by atoms with Gasteiger partial charge in [-0.25, -0.2) is 9.67 Å². The van der Waals surface area contributed by atoms with Gasteiger partial charge in [-0.1, -0.05) is 18.2 Å². The van der Waals surface area contributed by atoms with Crippen LogP contribution >= 0.6 is 0 Å². The van der Waals surface area contributed by atoms with Gasteiger partial charge in [0.2, 0.25) is 11.9 Å². The summed E-state index contributed by atoms with van der Waals surface area (Å²) in [6.07, 6.45) is 6.89. The molecule has 3 N–H and O–H groups in total. The molecule has 1 aromatic carbocycles. The number of nitrogens with one attached hydrogen (secondary N) is 2. The average molecular weight is 423 g/mol. The van der Waals surface area contributed by atoms with Gasteiger partial charge in [-0.05, 0) is 52.5 Å². The number of hydrogen-bond donors (Lipinski definition) is 3. The second-order valence-corrected chi connectivity index (χ2v) is 8.93. The summed E-state index contributed by atoms with van der Waals surface area (Å²) >= 11 is 0. The second kappa shape index (κ2) is 8.63. The maximum atomic E-state index is 12.5. The van der Waals surface area contributed by atoms with E-state index in [1.807, 2.05) is 48.1 Å². The van der Waals surface area contributed by atoms with Crippen LogP contribution in [-0.4, -0.2) is 48.4 Å². The lowest BCUT2D eigenvalue weighted by Gasteiger charge is -2.32. The fraction of sp³-hybridized carbons (Fsp3) is 0.478. The number of anilines is 1. The van der Waals surface area contributed by atoms with Crippen molar-refractivity contribution in [1.29, 1.82) is 0 Å². The highest BCUT2D eigenvalue weighted by molar-refractivity contribution is 5.80. The van der Waals surface area contributed by atoms with Crippen molar-refractivity contribution in [2.45, 2.75) is 64.1 Å². The molecular weight excluding hydrogens is 392 g/mol. The summed E-state index contributed by atoms with van der Waals surface area (Å²) < 4.78 is 1.81. The average Bonchev–Trinajstić information content (AvgIpc) is 3.18. The molecule has 4 rings (SSSR count). The lowest BCUT2D eigenvalue weighted by Crippen LogP contribution is -2.49. The van der Waals surface area contributed by atoms with Gasteiger partial charge in [0.15, 0.2) is 5.82 Å². The minimum Gasteiger partial charge on any atom is -0.388 e. The third kappa shape index (κ3) is 4.85. The van der Waals surface area contributed by atoms with Crippen molar-refractivity contribution < 1.29 is 9.90 Å². The number of fused-ring (bicyclic) bond motifs is 1. The van der Waals surface area contributed by atoms with Crippen LogP contribution in [0.25, 0.3) is 16.7 Å². The van der Waals surface area contributed by atoms with E-state index in [1.54, 1.807) is 20.0 Å². The molecule has 8 heteroatoms. The Morgan fingerprint density at radius 1 is 1.19 bits per heavy atom. The minimum atomic E-state index is -0.934. The minimum absolute atomic E-state index is 0.0226. The van der Waals surface area contributed by atoms with E-state index in [9.17, 15) is 9.90 Å². The van der Waals surface area contributed by atoms with Gasteiger partial charge in [0, 0.05) is 29.6 Å². The van der Waals surface area contributed by atoms with Gasteiger partial charge >= 0.3 is 0 Å². The van der Waals surface area contributed by atoms with Crippen molar-refractivity contribution >= 4 is 22.8 Å². The van der Waals surface area contributed by atoms with Crippen molar-refractivity contribution in [3.05, 3.63) is 42.7 Å². The van der Waals surface area contributed by atoms with Gasteiger partial charge in [0.1, 0.15) is 0 Å². The van der Waals surface area contributed by atoms with Crippen LogP contribution in [0.3, 0.4) is 0 Å². The molecule has 0 bridgehead atoms. The number of nitrogens with zero attached hydrogens (tertiary/aromatic N) is 4. The monoisotopic (exact) mass is 422 g/mol. The molecule has 1 amide bonds. The smallest absolute Gasteiger partial charge is 0.224 e. The normalized spacial score (nSPS) is 20.4. The molecular formula is C23H30N6O2. The van der Waals surface area contributed by atoms with Crippen molar-refractivity contribution in [3.8, 4) is 5.82 Å². The van der Waals surface area contributed by atoms with E-state index in [-0.39, 0.29) is 23.9 Å². The van der Waals surface area contributed by atoms with Gasteiger partial charge in [0.05, 0.1) is 23.4 Å². The summed E-state index contributed by atoms with van der Waals surface area (Å²) in [6.45, 7) is 5.25. The van der Waals surface area contributed by atoms with E-state index in [0.29, 0.717) is 11.8 Å². The topological polar surface area (TPSA) is 105 Å². The number of benzene rings is 1. The van der Waals surface area contributed by atoms with Crippen molar-refractivity contribution in [2.75, 3.05) is 5.32 Å². The van der Waals surface area contributed by atoms with E-state index < -0.39 is 5.60 Å². The predicted octanol–water partition coefficient (Wildman–Crippen LogP) is 3.06. The standard InChI is InChI=1S/C23H30N6O2/c1-15(23(2,3)31)26-21(30)16-8-10-18(11-9-16)27-22-24-13-12-20(28-22)29-19-7-5-4-6-17(19)14-25-29/h4-7,12-16,18,31H,8-11H2,1-3H3,(H,26,30)(H,24,27,28)/t15-,16?,18?/m0/s1. The zero-order valence-corrected chi connectivity index (χ0v) is 18.2. The summed E-state index contributed by atoms with van der Waals surface area (Å²) in [5, 5.41) is 21.9. The van der Waals surface area contributed by atoms with Gasteiger partial charge in [0.25, 0.3) is 0 Å². The zero-order valence-electron chi connectivity index (χ0n) is 18.2. The van der Waals surface area contributed by atoms with Crippen LogP contribution in [0.1, 0.15) is 46.5 Å². The molecule has 0 saturated heterocycles. The quantitative estimate of drug-likeness (QED) is 0.564. The molecule has 3 aromatic rings. The maximum absolute atomic E-state index is 12.5. The number of rotatable bonds is 6. The first-order chi connectivity index (χ1) is 14.8. The fourth-order valence-electron chi connectivity index (χ4n) is 3.88. The van der Waals surface area contributed by atoms with Crippen molar-refractivity contribution in [1.82, 2.24) is 25.1 Å². The Morgan fingerprint density at radius 3 is 2.68 bits per heavy atom. The molecule has 0 spiro atoms. The highest BCUT2D eigenvalue weighted by Gasteiger charge is 2.30. The van der Waals surface area contributed by atoms with Crippen LogP contribution in [0, 0.1) is 5.92 Å². The summed E-state index contributed by atoms with van der Waals surface area (Å²) in [5.74, 6) is 1.29. The number of aliphatic hydroxyl groups is 1. The molecule has 1 aliphatic carbocycles. The van der Waals surface area contributed by atoms with Crippen LogP contribution in [0.5, 0.6) is 0 Å². The molecule has 1 aliphatic rings. The number of para-hydroxylation sites is 1. The zero-order chi connectivity index (χ0) is 22.0. The van der Waals surface area contributed by atoms with Crippen LogP contribution in [-0.2, 0) is 4.79 Å². The molecule has 164 valence electrons. The van der Waals surface area contributed by atoms with Gasteiger partial charge < -0.3 is 15.7 Å². The van der Waals surface area contributed by atoms with Crippen LogP contribution in [0.2, 0.25) is 0 Å². The number of carbonyl (C=O) groups is 1. The van der Waals surface area contributed by atoms with Crippen LogP contribution < -0.4 is 10.6 Å². The third-order valence-electron chi connectivity index (χ3n) is 6.18. The predicted molar refractivity (Wildman–Crippen MR) is 120 cm³/mol. The molecule has 0 radical (unpaired) electrons. The summed E-state index contributed by atoms with van der Waals surface area (Å²) in [4.78, 5) is 21.6. The van der Waals surface area contributed by atoms with Crippen LogP contribution in [0.15, 0.2) is 42.7 Å². The first-order valence-electron chi connectivity index (χ1n) is 10.9. The first-order valence-corrected chi connectivity index (χ1v) is 10.9. The number of carbonyl (C=O) groups excluding carboxylic acids is 1. The van der Waals surface area contributed by atoms with Gasteiger partial charge in [-0.2, -0.15) is 10.1 Å². The second-order valence-electron chi connectivity index (χ2n) is 8.93. The van der Waals surface area contributed by atoms with Crippen molar-refractivity contribution in [2.24, 2.45) is 5.92 Å². The summed E-state index contributed by atoms with van der Waals surface area (Å²) in [7, 11) is 0. The van der Waals surface area contributed by atoms with E-state index in [0.717, 1.165) is 36.6 Å². The number of hydrogen-bond acceptors (Lipinski definition) is 6. The Kier molecular flexibility index (Phi) is 5.91. The molecule has 1 atom stereocenters. The Morgan fingerprint density at radius 2 is 1.94 bits per heavy atom. The summed E-state index contributed by atoms with van der Waals surface area (Å²) in [5.41, 5.74) is 0.0652. The lowest BCUT2D eigenvalue weighted by molar-refractivity contribution is -0.128. The Hall–Kier alpha value is -3.00. The largest absolute Gasteiger partial charge is 0.388 e. The van der Waals surface area contributed by atoms with Crippen molar-refractivity contribution in [3.63, 3.8) is 0 Å².